The molecule has 0 amide bonds. The van der Waals surface area contributed by atoms with E-state index in [1.807, 2.05) is 7.11 Å². The first-order valence-electron chi connectivity index (χ1n) is 14.2. The first kappa shape index (κ1) is 23.7. The molecule has 5 aliphatic rings. The van der Waals surface area contributed by atoms with Gasteiger partial charge in [-0.15, -0.1) is 0 Å². The first-order valence-corrected chi connectivity index (χ1v) is 14.2. The van der Waals surface area contributed by atoms with Crippen LogP contribution in [0.3, 0.4) is 0 Å². The van der Waals surface area contributed by atoms with Gasteiger partial charge in [0.15, 0.2) is 0 Å². The standard InChI is InChI=1S/C30H53NO/c1-20-11-16-30(19-32-8)18-17-28(5)21(25(20)30)9-10-23-27(4)14-13-24(31-7)26(2,3)22(27)12-15-29(23,28)6/h20-25,31H,9-19H2,1-8H3/t20-,21?,22?,23?,24+,25?,27+,28-,29-,30-/m1/s1. The van der Waals surface area contributed by atoms with Crippen LogP contribution < -0.4 is 5.32 Å². The van der Waals surface area contributed by atoms with Crippen molar-refractivity contribution in [3.63, 3.8) is 0 Å². The number of rotatable bonds is 3. The van der Waals surface area contributed by atoms with Crippen LogP contribution in [-0.4, -0.2) is 26.8 Å². The smallest absolute Gasteiger partial charge is 0.0521 e. The number of fused-ring (bicyclic) bond motifs is 7. The molecule has 184 valence electrons. The van der Waals surface area contributed by atoms with E-state index in [4.69, 9.17) is 4.74 Å². The molecule has 0 aliphatic heterocycles. The van der Waals surface area contributed by atoms with E-state index in [1.54, 1.807) is 0 Å². The highest BCUT2D eigenvalue weighted by Crippen LogP contribution is 2.77. The Labute approximate surface area is 199 Å². The molecule has 0 spiro atoms. The van der Waals surface area contributed by atoms with Crippen molar-refractivity contribution in [1.29, 1.82) is 0 Å². The van der Waals surface area contributed by atoms with Gasteiger partial charge in [-0.25, -0.2) is 0 Å². The summed E-state index contributed by atoms with van der Waals surface area (Å²) in [7, 11) is 4.15. The Bertz CT molecular complexity index is 728. The van der Waals surface area contributed by atoms with Crippen LogP contribution in [0.25, 0.3) is 0 Å². The molecule has 5 aliphatic carbocycles. The van der Waals surface area contributed by atoms with E-state index in [2.05, 4.69) is 53.9 Å². The Morgan fingerprint density at radius 3 is 2.22 bits per heavy atom. The predicted molar refractivity (Wildman–Crippen MR) is 135 cm³/mol. The second-order valence-corrected chi connectivity index (χ2v) is 14.7. The fraction of sp³-hybridized carbons (Fsp3) is 1.00. The molecule has 10 atom stereocenters. The molecule has 4 unspecified atom stereocenters. The first-order chi connectivity index (χ1) is 15.0. The Morgan fingerprint density at radius 2 is 1.53 bits per heavy atom. The summed E-state index contributed by atoms with van der Waals surface area (Å²) >= 11 is 0. The average Bonchev–Trinajstić information content (AvgIpc) is 3.05. The summed E-state index contributed by atoms with van der Waals surface area (Å²) in [5, 5.41) is 3.71. The Hall–Kier alpha value is -0.0800. The van der Waals surface area contributed by atoms with Crippen molar-refractivity contribution in [3.8, 4) is 0 Å². The lowest BCUT2D eigenvalue weighted by Gasteiger charge is -2.73. The lowest BCUT2D eigenvalue weighted by molar-refractivity contribution is -0.242. The number of hydrogen-bond acceptors (Lipinski definition) is 2. The molecule has 5 rings (SSSR count). The second kappa shape index (κ2) is 7.46. The third kappa shape index (κ3) is 2.78. The molecule has 0 radical (unpaired) electrons. The quantitative estimate of drug-likeness (QED) is 0.493. The number of hydrogen-bond donors (Lipinski definition) is 1. The lowest BCUT2D eigenvalue weighted by atomic mass is 9.32. The molecule has 0 bridgehead atoms. The van der Waals surface area contributed by atoms with Crippen LogP contribution in [0.15, 0.2) is 0 Å². The van der Waals surface area contributed by atoms with Gasteiger partial charge in [-0.2, -0.15) is 0 Å². The zero-order valence-corrected chi connectivity index (χ0v) is 22.7. The van der Waals surface area contributed by atoms with Crippen molar-refractivity contribution >= 4 is 0 Å². The van der Waals surface area contributed by atoms with Gasteiger partial charge >= 0.3 is 0 Å². The van der Waals surface area contributed by atoms with Crippen molar-refractivity contribution in [3.05, 3.63) is 0 Å². The number of ether oxygens (including phenoxy) is 1. The highest BCUT2D eigenvalue weighted by Gasteiger charge is 2.70. The molecule has 0 aromatic carbocycles. The highest BCUT2D eigenvalue weighted by atomic mass is 16.5. The van der Waals surface area contributed by atoms with Crippen molar-refractivity contribution in [2.75, 3.05) is 20.8 Å². The minimum Gasteiger partial charge on any atom is -0.384 e. The molecule has 0 saturated heterocycles. The summed E-state index contributed by atoms with van der Waals surface area (Å²) in [6.07, 6.45) is 14.4. The fourth-order valence-electron chi connectivity index (χ4n) is 12.2. The zero-order valence-electron chi connectivity index (χ0n) is 22.7. The van der Waals surface area contributed by atoms with Gasteiger partial charge in [0.05, 0.1) is 6.61 Å². The topological polar surface area (TPSA) is 21.3 Å². The maximum atomic E-state index is 5.90. The van der Waals surface area contributed by atoms with E-state index in [9.17, 15) is 0 Å². The Morgan fingerprint density at radius 1 is 0.781 bits per heavy atom. The largest absolute Gasteiger partial charge is 0.384 e. The highest BCUT2D eigenvalue weighted by molar-refractivity contribution is 5.19. The summed E-state index contributed by atoms with van der Waals surface area (Å²) in [6.45, 7) is 17.1. The van der Waals surface area contributed by atoms with Gasteiger partial charge in [-0.1, -0.05) is 41.5 Å². The molecular weight excluding hydrogens is 390 g/mol. The van der Waals surface area contributed by atoms with Gasteiger partial charge in [0.25, 0.3) is 0 Å². The second-order valence-electron chi connectivity index (χ2n) is 14.7. The van der Waals surface area contributed by atoms with E-state index >= 15 is 0 Å². The van der Waals surface area contributed by atoms with Crippen molar-refractivity contribution in [2.24, 2.45) is 56.7 Å². The Balaban J connectivity index is 1.51. The number of nitrogens with one attached hydrogen (secondary N) is 1. The van der Waals surface area contributed by atoms with E-state index in [0.717, 1.165) is 36.2 Å². The third-order valence-corrected chi connectivity index (χ3v) is 13.7. The SMILES string of the molecule is CN[C@H]1CC[C@@]2(C)C(CC[C@]3(C)C2CCC2C4[C@H](C)CC[C@]4(COC)CC[C@]23C)C1(C)C. The molecule has 0 aromatic heterocycles. The molecule has 5 saturated carbocycles. The van der Waals surface area contributed by atoms with Gasteiger partial charge in [-0.05, 0) is 128 Å². The van der Waals surface area contributed by atoms with E-state index in [-0.39, 0.29) is 0 Å². The minimum atomic E-state index is 0.404. The van der Waals surface area contributed by atoms with Crippen LogP contribution in [0.5, 0.6) is 0 Å². The van der Waals surface area contributed by atoms with Crippen LogP contribution in [0.4, 0.5) is 0 Å². The van der Waals surface area contributed by atoms with Crippen LogP contribution in [0.1, 0.15) is 106 Å². The lowest BCUT2D eigenvalue weighted by Crippen LogP contribution is -2.67. The van der Waals surface area contributed by atoms with Crippen LogP contribution in [0, 0.1) is 56.7 Å². The fourth-order valence-corrected chi connectivity index (χ4v) is 12.2. The van der Waals surface area contributed by atoms with Crippen LogP contribution in [-0.2, 0) is 4.74 Å². The molecule has 2 heteroatoms. The minimum absolute atomic E-state index is 0.404. The van der Waals surface area contributed by atoms with Crippen LogP contribution in [0.2, 0.25) is 0 Å². The monoisotopic (exact) mass is 443 g/mol. The third-order valence-electron chi connectivity index (χ3n) is 13.7. The maximum absolute atomic E-state index is 5.90. The van der Waals surface area contributed by atoms with Crippen molar-refractivity contribution in [1.82, 2.24) is 5.32 Å². The van der Waals surface area contributed by atoms with Gasteiger partial charge < -0.3 is 10.1 Å². The summed E-state index contributed by atoms with van der Waals surface area (Å²) in [5.74, 6) is 4.44. The summed E-state index contributed by atoms with van der Waals surface area (Å²) < 4.78 is 5.90. The maximum Gasteiger partial charge on any atom is 0.0521 e. The van der Waals surface area contributed by atoms with Gasteiger partial charge in [-0.3, -0.25) is 0 Å². The van der Waals surface area contributed by atoms with E-state index < -0.39 is 0 Å². The average molecular weight is 444 g/mol. The van der Waals surface area contributed by atoms with Gasteiger partial charge in [0, 0.05) is 13.2 Å². The summed E-state index contributed by atoms with van der Waals surface area (Å²) in [4.78, 5) is 0. The van der Waals surface area contributed by atoms with Crippen molar-refractivity contribution < 1.29 is 4.74 Å². The normalized spacial score (nSPS) is 56.6. The van der Waals surface area contributed by atoms with Gasteiger partial charge in [0.1, 0.15) is 0 Å². The molecule has 1 N–H and O–H groups in total. The van der Waals surface area contributed by atoms with Crippen LogP contribution >= 0.6 is 0 Å². The van der Waals surface area contributed by atoms with E-state index in [1.165, 1.54) is 64.2 Å². The zero-order chi connectivity index (χ0) is 23.2. The van der Waals surface area contributed by atoms with Crippen molar-refractivity contribution in [2.45, 2.75) is 112 Å². The molecular formula is C30H53NO. The van der Waals surface area contributed by atoms with E-state index in [0.29, 0.717) is 33.1 Å². The molecule has 0 heterocycles. The summed E-state index contributed by atoms with van der Waals surface area (Å²) in [6, 6.07) is 0.681. The molecule has 5 fully saturated rings. The summed E-state index contributed by atoms with van der Waals surface area (Å²) in [5.41, 5.74) is 2.41. The predicted octanol–water partition coefficient (Wildman–Crippen LogP) is 7.32. The van der Waals surface area contributed by atoms with Gasteiger partial charge in [0.2, 0.25) is 0 Å². The number of methoxy groups -OCH3 is 1. The molecule has 32 heavy (non-hydrogen) atoms. The molecule has 0 aromatic rings. The molecule has 2 nitrogen and oxygen atoms in total. The Kier molecular flexibility index (Phi) is 5.51.